The maximum absolute atomic E-state index is 12.2. The average Bonchev–Trinajstić information content (AvgIpc) is 2.30. The Labute approximate surface area is 89.9 Å². The van der Waals surface area contributed by atoms with E-state index in [1.54, 1.807) is 12.4 Å². The standard InChI is InChI=1S/C12H16N2O/c1-9-2-5-14-8-11(9)12(15)10-3-6-13-7-4-10/h2,5,8,10,13H,3-4,6-7H2,1H3. The van der Waals surface area contributed by atoms with Crippen LogP contribution in [-0.4, -0.2) is 23.9 Å². The minimum Gasteiger partial charge on any atom is -0.317 e. The molecule has 1 saturated heterocycles. The van der Waals surface area contributed by atoms with Crippen molar-refractivity contribution in [2.75, 3.05) is 13.1 Å². The molecule has 0 atom stereocenters. The minimum atomic E-state index is 0.189. The molecule has 0 bridgehead atoms. The van der Waals surface area contributed by atoms with Crippen LogP contribution in [-0.2, 0) is 0 Å². The van der Waals surface area contributed by atoms with Gasteiger partial charge in [0.1, 0.15) is 0 Å². The van der Waals surface area contributed by atoms with Crippen molar-refractivity contribution in [1.82, 2.24) is 10.3 Å². The number of hydrogen-bond acceptors (Lipinski definition) is 3. The highest BCUT2D eigenvalue weighted by atomic mass is 16.1. The lowest BCUT2D eigenvalue weighted by molar-refractivity contribution is 0.0894. The summed E-state index contributed by atoms with van der Waals surface area (Å²) in [4.78, 5) is 16.2. The number of nitrogens with one attached hydrogen (secondary N) is 1. The number of Topliss-reactive ketones (excluding diaryl/α,β-unsaturated/α-hetero) is 1. The molecule has 0 aromatic carbocycles. The molecule has 1 aromatic heterocycles. The van der Waals surface area contributed by atoms with Crippen molar-refractivity contribution in [3.63, 3.8) is 0 Å². The summed E-state index contributed by atoms with van der Waals surface area (Å²) in [6, 6.07) is 1.90. The third-order valence-electron chi connectivity index (χ3n) is 3.01. The second-order valence-corrected chi connectivity index (χ2v) is 4.08. The number of rotatable bonds is 2. The summed E-state index contributed by atoms with van der Waals surface area (Å²) in [7, 11) is 0. The van der Waals surface area contributed by atoms with Gasteiger partial charge in [-0.15, -0.1) is 0 Å². The summed E-state index contributed by atoms with van der Waals surface area (Å²) in [6.07, 6.45) is 5.33. The first-order valence-corrected chi connectivity index (χ1v) is 5.44. The SMILES string of the molecule is Cc1ccncc1C(=O)C1CCNCC1. The lowest BCUT2D eigenvalue weighted by Gasteiger charge is -2.21. The third-order valence-corrected chi connectivity index (χ3v) is 3.01. The van der Waals surface area contributed by atoms with Crippen LogP contribution in [0.1, 0.15) is 28.8 Å². The van der Waals surface area contributed by atoms with E-state index in [1.807, 2.05) is 13.0 Å². The molecular weight excluding hydrogens is 188 g/mol. The van der Waals surface area contributed by atoms with Gasteiger partial charge in [0.25, 0.3) is 0 Å². The van der Waals surface area contributed by atoms with Gasteiger partial charge >= 0.3 is 0 Å². The average molecular weight is 204 g/mol. The highest BCUT2D eigenvalue weighted by Gasteiger charge is 2.23. The molecule has 0 saturated carbocycles. The molecule has 3 nitrogen and oxygen atoms in total. The molecule has 2 heterocycles. The number of aryl methyl sites for hydroxylation is 1. The van der Waals surface area contributed by atoms with Crippen molar-refractivity contribution >= 4 is 5.78 Å². The molecule has 1 fully saturated rings. The Balaban J connectivity index is 2.16. The Hall–Kier alpha value is -1.22. The van der Waals surface area contributed by atoms with Gasteiger partial charge in [-0.25, -0.2) is 0 Å². The predicted octanol–water partition coefficient (Wildman–Crippen LogP) is 1.57. The van der Waals surface area contributed by atoms with Gasteiger partial charge in [-0.05, 0) is 44.5 Å². The summed E-state index contributed by atoms with van der Waals surface area (Å²) in [5.74, 6) is 0.455. The zero-order valence-electron chi connectivity index (χ0n) is 8.99. The molecule has 0 radical (unpaired) electrons. The smallest absolute Gasteiger partial charge is 0.167 e. The van der Waals surface area contributed by atoms with E-state index in [0.717, 1.165) is 37.1 Å². The van der Waals surface area contributed by atoms with E-state index in [-0.39, 0.29) is 11.7 Å². The van der Waals surface area contributed by atoms with Crippen LogP contribution in [0.5, 0.6) is 0 Å². The fourth-order valence-electron chi connectivity index (χ4n) is 2.03. The summed E-state index contributed by atoms with van der Waals surface area (Å²) >= 11 is 0. The zero-order valence-corrected chi connectivity index (χ0v) is 8.99. The van der Waals surface area contributed by atoms with E-state index in [9.17, 15) is 4.79 Å². The van der Waals surface area contributed by atoms with Gasteiger partial charge < -0.3 is 5.32 Å². The van der Waals surface area contributed by atoms with Crippen LogP contribution in [0.25, 0.3) is 0 Å². The topological polar surface area (TPSA) is 42.0 Å². The van der Waals surface area contributed by atoms with Crippen LogP contribution in [0.2, 0.25) is 0 Å². The summed E-state index contributed by atoms with van der Waals surface area (Å²) < 4.78 is 0. The number of pyridine rings is 1. The van der Waals surface area contributed by atoms with E-state index in [0.29, 0.717) is 0 Å². The van der Waals surface area contributed by atoms with E-state index in [4.69, 9.17) is 0 Å². The molecule has 0 aliphatic carbocycles. The number of aromatic nitrogens is 1. The van der Waals surface area contributed by atoms with E-state index in [2.05, 4.69) is 10.3 Å². The summed E-state index contributed by atoms with van der Waals surface area (Å²) in [6.45, 7) is 3.88. The minimum absolute atomic E-state index is 0.189. The second-order valence-electron chi connectivity index (χ2n) is 4.08. The molecule has 1 aliphatic rings. The molecule has 3 heteroatoms. The number of hydrogen-bond donors (Lipinski definition) is 1. The molecule has 80 valence electrons. The Morgan fingerprint density at radius 2 is 2.20 bits per heavy atom. The van der Waals surface area contributed by atoms with Crippen LogP contribution in [0.4, 0.5) is 0 Å². The first kappa shape index (κ1) is 10.3. The van der Waals surface area contributed by atoms with E-state index in [1.165, 1.54) is 0 Å². The monoisotopic (exact) mass is 204 g/mol. The third kappa shape index (κ3) is 2.23. The van der Waals surface area contributed by atoms with Crippen molar-refractivity contribution in [1.29, 1.82) is 0 Å². The van der Waals surface area contributed by atoms with Gasteiger partial charge in [0.05, 0.1) is 0 Å². The van der Waals surface area contributed by atoms with Crippen LogP contribution in [0.3, 0.4) is 0 Å². The number of carbonyl (C=O) groups excluding carboxylic acids is 1. The highest BCUT2D eigenvalue weighted by Crippen LogP contribution is 2.19. The molecule has 2 rings (SSSR count). The van der Waals surface area contributed by atoms with Gasteiger partial charge in [-0.1, -0.05) is 0 Å². The number of nitrogens with zero attached hydrogens (tertiary/aromatic N) is 1. The van der Waals surface area contributed by atoms with Crippen LogP contribution in [0.15, 0.2) is 18.5 Å². The number of ketones is 1. The van der Waals surface area contributed by atoms with Crippen molar-refractivity contribution in [2.45, 2.75) is 19.8 Å². The van der Waals surface area contributed by atoms with Gasteiger partial charge in [0.15, 0.2) is 5.78 Å². The van der Waals surface area contributed by atoms with Crippen molar-refractivity contribution in [2.24, 2.45) is 5.92 Å². The van der Waals surface area contributed by atoms with Gasteiger partial charge in [-0.3, -0.25) is 9.78 Å². The predicted molar refractivity (Wildman–Crippen MR) is 58.9 cm³/mol. The van der Waals surface area contributed by atoms with Crippen molar-refractivity contribution in [3.8, 4) is 0 Å². The quantitative estimate of drug-likeness (QED) is 0.743. The Morgan fingerprint density at radius 1 is 1.47 bits per heavy atom. The lowest BCUT2D eigenvalue weighted by atomic mass is 9.89. The summed E-state index contributed by atoms with van der Waals surface area (Å²) in [5, 5.41) is 3.27. The molecule has 1 aromatic rings. The zero-order chi connectivity index (χ0) is 10.7. The molecule has 0 spiro atoms. The Bertz CT molecular complexity index is 356. The van der Waals surface area contributed by atoms with Gasteiger partial charge in [-0.2, -0.15) is 0 Å². The Morgan fingerprint density at radius 3 is 2.87 bits per heavy atom. The van der Waals surface area contributed by atoms with Crippen molar-refractivity contribution < 1.29 is 4.79 Å². The number of piperidine rings is 1. The Kier molecular flexibility index (Phi) is 3.11. The van der Waals surface area contributed by atoms with Gasteiger partial charge in [0, 0.05) is 23.9 Å². The normalized spacial score (nSPS) is 17.7. The maximum Gasteiger partial charge on any atom is 0.167 e. The van der Waals surface area contributed by atoms with Gasteiger partial charge in [0.2, 0.25) is 0 Å². The summed E-state index contributed by atoms with van der Waals surface area (Å²) in [5.41, 5.74) is 1.83. The number of carbonyl (C=O) groups is 1. The molecule has 15 heavy (non-hydrogen) atoms. The van der Waals surface area contributed by atoms with Crippen LogP contribution in [0, 0.1) is 12.8 Å². The molecule has 1 aliphatic heterocycles. The van der Waals surface area contributed by atoms with Crippen molar-refractivity contribution in [3.05, 3.63) is 29.6 Å². The van der Waals surface area contributed by atoms with E-state index < -0.39 is 0 Å². The fourth-order valence-corrected chi connectivity index (χ4v) is 2.03. The lowest BCUT2D eigenvalue weighted by Crippen LogP contribution is -2.32. The van der Waals surface area contributed by atoms with Crippen LogP contribution < -0.4 is 5.32 Å². The highest BCUT2D eigenvalue weighted by molar-refractivity contribution is 5.98. The fraction of sp³-hybridized carbons (Fsp3) is 0.500. The first-order chi connectivity index (χ1) is 7.29. The largest absolute Gasteiger partial charge is 0.317 e. The molecule has 0 unspecified atom stereocenters. The van der Waals surface area contributed by atoms with E-state index >= 15 is 0 Å². The maximum atomic E-state index is 12.2. The molecule has 1 N–H and O–H groups in total. The van der Waals surface area contributed by atoms with Crippen LogP contribution >= 0.6 is 0 Å². The molecule has 0 amide bonds. The molecular formula is C12H16N2O. The first-order valence-electron chi connectivity index (χ1n) is 5.44. The second kappa shape index (κ2) is 4.53.